The molecule has 5 atom stereocenters. The summed E-state index contributed by atoms with van der Waals surface area (Å²) in [7, 11) is 0. The fourth-order valence-electron chi connectivity index (χ4n) is 5.42. The van der Waals surface area contributed by atoms with Crippen LogP contribution in [0.4, 0.5) is 13.6 Å². The SMILES string of the molecule is C[C@@H]1O[C@H](CN2CCC3(C2)CN(C(=O)OC(C)(C)C)CCC3(F)F)[C@H]2OC(C)(C)O[C@H]21. The van der Waals surface area contributed by atoms with Crippen molar-refractivity contribution in [1.82, 2.24) is 9.80 Å². The van der Waals surface area contributed by atoms with Crippen molar-refractivity contribution < 1.29 is 32.5 Å². The highest BCUT2D eigenvalue weighted by Gasteiger charge is 2.61. The van der Waals surface area contributed by atoms with E-state index in [0.717, 1.165) is 0 Å². The first-order valence-electron chi connectivity index (χ1n) is 11.3. The van der Waals surface area contributed by atoms with Crippen LogP contribution in [0.15, 0.2) is 0 Å². The molecule has 7 nitrogen and oxygen atoms in total. The predicted molar refractivity (Wildman–Crippen MR) is 109 cm³/mol. The van der Waals surface area contributed by atoms with Crippen LogP contribution in [0.3, 0.4) is 0 Å². The number of likely N-dealkylation sites (tertiary alicyclic amines) is 2. The Labute approximate surface area is 183 Å². The number of piperidine rings is 1. The second-order valence-corrected chi connectivity index (χ2v) is 11.1. The summed E-state index contributed by atoms with van der Waals surface area (Å²) < 4.78 is 53.8. The van der Waals surface area contributed by atoms with Gasteiger partial charge >= 0.3 is 6.09 Å². The average Bonchev–Trinajstić information content (AvgIpc) is 3.24. The van der Waals surface area contributed by atoms with Crippen molar-refractivity contribution in [3.8, 4) is 0 Å². The molecule has 4 saturated heterocycles. The van der Waals surface area contributed by atoms with Gasteiger partial charge in [-0.2, -0.15) is 0 Å². The zero-order chi connectivity index (χ0) is 22.8. The van der Waals surface area contributed by atoms with E-state index in [2.05, 4.69) is 0 Å². The lowest BCUT2D eigenvalue weighted by Gasteiger charge is -2.46. The van der Waals surface area contributed by atoms with Gasteiger partial charge in [-0.25, -0.2) is 13.6 Å². The van der Waals surface area contributed by atoms with Crippen molar-refractivity contribution in [3.05, 3.63) is 0 Å². The maximum atomic E-state index is 15.1. The van der Waals surface area contributed by atoms with Crippen LogP contribution in [0.1, 0.15) is 54.4 Å². The normalized spacial score (nSPS) is 39.8. The molecule has 4 rings (SSSR count). The maximum absolute atomic E-state index is 15.1. The first kappa shape index (κ1) is 23.1. The van der Waals surface area contributed by atoms with E-state index in [0.29, 0.717) is 19.5 Å². The number of rotatable bonds is 2. The standard InChI is InChI=1S/C22H36F2N2O5/c1-14-16-17(30-20(5,6)29-16)15(28-14)11-25-9-7-21(12-25)13-26(10-8-22(21,23)24)18(27)31-19(2,3)4/h14-17H,7-13H2,1-6H3/t14-,15+,16-,17+,21?/m0/s1. The number of hydrogen-bond acceptors (Lipinski definition) is 6. The Kier molecular flexibility index (Phi) is 5.60. The molecule has 4 aliphatic heterocycles. The van der Waals surface area contributed by atoms with Gasteiger partial charge in [-0.3, -0.25) is 4.90 Å². The molecule has 9 heteroatoms. The second kappa shape index (κ2) is 7.50. The molecule has 0 bridgehead atoms. The molecule has 1 spiro atoms. The number of alkyl halides is 2. The number of ether oxygens (including phenoxy) is 4. The third kappa shape index (κ3) is 4.43. The number of fused-ring (bicyclic) bond motifs is 1. The van der Waals surface area contributed by atoms with E-state index in [1.807, 2.05) is 25.7 Å². The summed E-state index contributed by atoms with van der Waals surface area (Å²) in [6.07, 6.45) is -1.20. The fraction of sp³-hybridized carbons (Fsp3) is 0.955. The summed E-state index contributed by atoms with van der Waals surface area (Å²) in [5.41, 5.74) is -1.92. The first-order valence-corrected chi connectivity index (χ1v) is 11.3. The fourth-order valence-corrected chi connectivity index (χ4v) is 5.42. The molecule has 0 saturated carbocycles. The van der Waals surface area contributed by atoms with Crippen LogP contribution >= 0.6 is 0 Å². The van der Waals surface area contributed by atoms with Crippen molar-refractivity contribution in [3.63, 3.8) is 0 Å². The summed E-state index contributed by atoms with van der Waals surface area (Å²) in [4.78, 5) is 16.0. The van der Waals surface area contributed by atoms with E-state index >= 15 is 8.78 Å². The summed E-state index contributed by atoms with van der Waals surface area (Å²) in [6, 6.07) is 0. The van der Waals surface area contributed by atoms with E-state index < -0.39 is 28.8 Å². The molecule has 0 N–H and O–H groups in total. The van der Waals surface area contributed by atoms with Crippen molar-refractivity contribution in [2.45, 2.75) is 96.1 Å². The zero-order valence-electron chi connectivity index (χ0n) is 19.5. The average molecular weight is 447 g/mol. The number of carbonyl (C=O) groups excluding carboxylic acids is 1. The van der Waals surface area contributed by atoms with Gasteiger partial charge in [-0.1, -0.05) is 0 Å². The molecule has 4 fully saturated rings. The van der Waals surface area contributed by atoms with E-state index in [9.17, 15) is 4.79 Å². The van der Waals surface area contributed by atoms with Crippen molar-refractivity contribution in [2.24, 2.45) is 5.41 Å². The molecule has 1 unspecified atom stereocenters. The Hall–Kier alpha value is -1.03. The Morgan fingerprint density at radius 3 is 2.45 bits per heavy atom. The third-order valence-corrected chi connectivity index (χ3v) is 6.87. The van der Waals surface area contributed by atoms with Crippen LogP contribution in [-0.4, -0.2) is 90.3 Å². The van der Waals surface area contributed by atoms with Gasteiger partial charge < -0.3 is 23.8 Å². The van der Waals surface area contributed by atoms with Crippen LogP contribution in [0.5, 0.6) is 0 Å². The molecular weight excluding hydrogens is 410 g/mol. The Morgan fingerprint density at radius 1 is 1.10 bits per heavy atom. The molecule has 0 radical (unpaired) electrons. The Bertz CT molecular complexity index is 713. The van der Waals surface area contributed by atoms with Crippen LogP contribution in [-0.2, 0) is 18.9 Å². The van der Waals surface area contributed by atoms with E-state index in [4.69, 9.17) is 18.9 Å². The van der Waals surface area contributed by atoms with E-state index in [-0.39, 0.29) is 50.5 Å². The first-order chi connectivity index (χ1) is 14.2. The minimum Gasteiger partial charge on any atom is -0.444 e. The molecule has 0 aliphatic carbocycles. The van der Waals surface area contributed by atoms with Crippen LogP contribution < -0.4 is 0 Å². The molecule has 4 aliphatic rings. The van der Waals surface area contributed by atoms with Crippen molar-refractivity contribution in [2.75, 3.05) is 32.7 Å². The van der Waals surface area contributed by atoms with Crippen LogP contribution in [0.25, 0.3) is 0 Å². The van der Waals surface area contributed by atoms with Gasteiger partial charge in [0, 0.05) is 32.6 Å². The predicted octanol–water partition coefficient (Wildman–Crippen LogP) is 3.26. The molecular formula is C22H36F2N2O5. The number of carbonyl (C=O) groups is 1. The summed E-state index contributed by atoms with van der Waals surface area (Å²) in [6.45, 7) is 12.3. The minimum absolute atomic E-state index is 0.00599. The maximum Gasteiger partial charge on any atom is 0.410 e. The quantitative estimate of drug-likeness (QED) is 0.649. The number of hydrogen-bond donors (Lipinski definition) is 0. The van der Waals surface area contributed by atoms with E-state index in [1.54, 1.807) is 20.8 Å². The highest BCUT2D eigenvalue weighted by atomic mass is 19.3. The van der Waals surface area contributed by atoms with Gasteiger partial charge in [-0.05, 0) is 54.5 Å². The van der Waals surface area contributed by atoms with Gasteiger partial charge in [0.25, 0.3) is 5.92 Å². The largest absolute Gasteiger partial charge is 0.444 e. The molecule has 0 aromatic heterocycles. The lowest BCUT2D eigenvalue weighted by Crippen LogP contribution is -2.58. The Balaban J connectivity index is 1.42. The monoisotopic (exact) mass is 446 g/mol. The molecule has 0 aromatic carbocycles. The number of nitrogens with zero attached hydrogens (tertiary/aromatic N) is 2. The van der Waals surface area contributed by atoms with Crippen molar-refractivity contribution in [1.29, 1.82) is 0 Å². The van der Waals surface area contributed by atoms with Gasteiger partial charge in [0.2, 0.25) is 0 Å². The topological polar surface area (TPSA) is 60.5 Å². The zero-order valence-corrected chi connectivity index (χ0v) is 19.5. The molecule has 1 amide bonds. The lowest BCUT2D eigenvalue weighted by molar-refractivity contribution is -0.187. The van der Waals surface area contributed by atoms with Crippen molar-refractivity contribution >= 4 is 6.09 Å². The summed E-state index contributed by atoms with van der Waals surface area (Å²) in [5.74, 6) is -3.50. The van der Waals surface area contributed by atoms with Gasteiger partial charge in [0.05, 0.1) is 17.6 Å². The van der Waals surface area contributed by atoms with Gasteiger partial charge in [0.15, 0.2) is 5.79 Å². The van der Waals surface area contributed by atoms with Crippen LogP contribution in [0.2, 0.25) is 0 Å². The number of halogens is 2. The highest BCUT2D eigenvalue weighted by Crippen LogP contribution is 2.50. The summed E-state index contributed by atoms with van der Waals surface area (Å²) >= 11 is 0. The van der Waals surface area contributed by atoms with Crippen LogP contribution in [0, 0.1) is 5.41 Å². The Morgan fingerprint density at radius 2 is 1.77 bits per heavy atom. The summed E-state index contributed by atoms with van der Waals surface area (Å²) in [5, 5.41) is 0. The van der Waals surface area contributed by atoms with Gasteiger partial charge in [-0.15, -0.1) is 0 Å². The number of amides is 1. The van der Waals surface area contributed by atoms with E-state index in [1.165, 1.54) is 4.90 Å². The molecule has 4 heterocycles. The highest BCUT2D eigenvalue weighted by molar-refractivity contribution is 5.68. The lowest BCUT2D eigenvalue weighted by atomic mass is 9.75. The van der Waals surface area contributed by atoms with Gasteiger partial charge in [0.1, 0.15) is 17.8 Å². The second-order valence-electron chi connectivity index (χ2n) is 11.1. The molecule has 0 aromatic rings. The molecule has 31 heavy (non-hydrogen) atoms. The smallest absolute Gasteiger partial charge is 0.410 e. The minimum atomic E-state index is -2.83. The molecule has 178 valence electrons. The third-order valence-electron chi connectivity index (χ3n) is 6.87.